The van der Waals surface area contributed by atoms with E-state index in [9.17, 15) is 0 Å². The van der Waals surface area contributed by atoms with Gasteiger partial charge in [-0.15, -0.1) is 0 Å². The summed E-state index contributed by atoms with van der Waals surface area (Å²) >= 11 is 2.07. The number of nitrogens with zero attached hydrogens (tertiary/aromatic N) is 1. The fraction of sp³-hybridized carbons (Fsp3) is 0.688. The summed E-state index contributed by atoms with van der Waals surface area (Å²) in [7, 11) is 1.72. The van der Waals surface area contributed by atoms with E-state index in [-0.39, 0.29) is 6.04 Å². The number of rotatable bonds is 6. The summed E-state index contributed by atoms with van der Waals surface area (Å²) in [6.07, 6.45) is 6.52. The number of aromatic nitrogens is 1. The van der Waals surface area contributed by atoms with Crippen LogP contribution < -0.4 is 16.0 Å². The fourth-order valence-electron chi connectivity index (χ4n) is 3.11. The monoisotopic (exact) mass is 309 g/mol. The summed E-state index contributed by atoms with van der Waals surface area (Å²) in [5.41, 5.74) is 6.30. The number of methoxy groups -OCH3 is 1. The summed E-state index contributed by atoms with van der Waals surface area (Å²) in [4.78, 5) is 4.59. The van der Waals surface area contributed by atoms with Gasteiger partial charge in [0.2, 0.25) is 0 Å². The topological polar surface area (TPSA) is 60.2 Å². The largest absolute Gasteiger partial charge is 0.496 e. The third kappa shape index (κ3) is 4.34. The van der Waals surface area contributed by atoms with Crippen LogP contribution in [0.25, 0.3) is 0 Å². The Hall–Kier alpha value is -0.780. The summed E-state index contributed by atoms with van der Waals surface area (Å²) in [6.45, 7) is 4.11. The number of hydrazine groups is 1. The Morgan fingerprint density at radius 1 is 1.43 bits per heavy atom. The molecule has 118 valence electrons. The van der Waals surface area contributed by atoms with Crippen molar-refractivity contribution in [3.8, 4) is 5.75 Å². The summed E-state index contributed by atoms with van der Waals surface area (Å²) in [6, 6.07) is 0.289. The van der Waals surface area contributed by atoms with Gasteiger partial charge in [-0.2, -0.15) is 11.8 Å². The summed E-state index contributed by atoms with van der Waals surface area (Å²) in [5.74, 6) is 10.1. The van der Waals surface area contributed by atoms with E-state index in [4.69, 9.17) is 10.6 Å². The van der Waals surface area contributed by atoms with Gasteiger partial charge in [0.15, 0.2) is 0 Å². The Kier molecular flexibility index (Phi) is 6.33. The number of nitrogens with two attached hydrogens (primary N) is 1. The van der Waals surface area contributed by atoms with Crippen LogP contribution >= 0.6 is 11.8 Å². The van der Waals surface area contributed by atoms with Gasteiger partial charge >= 0.3 is 0 Å². The molecule has 1 atom stereocenters. The lowest BCUT2D eigenvalue weighted by Gasteiger charge is -2.26. The zero-order valence-electron chi connectivity index (χ0n) is 13.3. The van der Waals surface area contributed by atoms with Gasteiger partial charge in [0.1, 0.15) is 5.75 Å². The number of aryl methyl sites for hydroxylation is 1. The molecule has 0 aromatic carbocycles. The van der Waals surface area contributed by atoms with Gasteiger partial charge in [0, 0.05) is 35.5 Å². The minimum absolute atomic E-state index is 0.289. The first-order valence-electron chi connectivity index (χ1n) is 7.68. The van der Waals surface area contributed by atoms with E-state index in [2.05, 4.69) is 29.1 Å². The first-order chi connectivity index (χ1) is 10.2. The minimum atomic E-state index is 0.289. The normalized spacial score (nSPS) is 17.7. The molecule has 0 aliphatic carbocycles. The minimum Gasteiger partial charge on any atom is -0.496 e. The number of hydrogen-bond donors (Lipinski definition) is 2. The third-order valence-corrected chi connectivity index (χ3v) is 5.43. The van der Waals surface area contributed by atoms with Crippen molar-refractivity contribution < 1.29 is 4.74 Å². The first-order valence-corrected chi connectivity index (χ1v) is 8.84. The van der Waals surface area contributed by atoms with Gasteiger partial charge in [-0.3, -0.25) is 16.3 Å². The van der Waals surface area contributed by atoms with Crippen LogP contribution in [0.1, 0.15) is 36.1 Å². The van der Waals surface area contributed by atoms with Crippen molar-refractivity contribution in [3.63, 3.8) is 0 Å². The molecule has 1 aliphatic rings. The third-order valence-electron chi connectivity index (χ3n) is 4.38. The first kappa shape index (κ1) is 16.6. The van der Waals surface area contributed by atoms with E-state index in [1.165, 1.54) is 24.3 Å². The van der Waals surface area contributed by atoms with Crippen LogP contribution in [0.5, 0.6) is 5.75 Å². The molecule has 21 heavy (non-hydrogen) atoms. The lowest BCUT2D eigenvalue weighted by Crippen LogP contribution is -2.39. The Morgan fingerprint density at radius 2 is 2.14 bits per heavy atom. The molecule has 1 aromatic heterocycles. The van der Waals surface area contributed by atoms with Crippen molar-refractivity contribution in [1.29, 1.82) is 0 Å². The molecule has 2 rings (SSSR count). The molecule has 3 N–H and O–H groups in total. The number of hydrogen-bond acceptors (Lipinski definition) is 5. The van der Waals surface area contributed by atoms with Crippen LogP contribution in [0.2, 0.25) is 0 Å². The van der Waals surface area contributed by atoms with Crippen LogP contribution in [0, 0.1) is 19.8 Å². The van der Waals surface area contributed by atoms with E-state index in [1.807, 2.05) is 13.1 Å². The molecule has 1 aliphatic heterocycles. The van der Waals surface area contributed by atoms with Crippen molar-refractivity contribution in [2.45, 2.75) is 45.6 Å². The van der Waals surface area contributed by atoms with Crippen LogP contribution in [0.4, 0.5) is 0 Å². The van der Waals surface area contributed by atoms with E-state index in [1.54, 1.807) is 7.11 Å². The smallest absolute Gasteiger partial charge is 0.128 e. The lowest BCUT2D eigenvalue weighted by atomic mass is 9.91. The van der Waals surface area contributed by atoms with E-state index < -0.39 is 0 Å². The molecule has 0 bridgehead atoms. The second-order valence-electron chi connectivity index (χ2n) is 5.91. The Bertz CT molecular complexity index is 461. The molecule has 0 spiro atoms. The standard InChI is InChI=1S/C16H27N3OS/c1-11-10-18-15(12(2)16(11)20-3)9-14(19-17)8-13-4-6-21-7-5-13/h10,13-14,19H,4-9,17H2,1-3H3. The molecule has 0 amide bonds. The maximum Gasteiger partial charge on any atom is 0.128 e. The summed E-state index contributed by atoms with van der Waals surface area (Å²) < 4.78 is 5.49. The van der Waals surface area contributed by atoms with E-state index >= 15 is 0 Å². The SMILES string of the molecule is COc1c(C)cnc(CC(CC2CCSCC2)NN)c1C. The number of ether oxygens (including phenoxy) is 1. The van der Waals surface area contributed by atoms with Gasteiger partial charge < -0.3 is 4.74 Å². The zero-order valence-corrected chi connectivity index (χ0v) is 14.1. The predicted octanol–water partition coefficient (Wildman–Crippen LogP) is 2.61. The van der Waals surface area contributed by atoms with Crippen LogP contribution in [0.3, 0.4) is 0 Å². The zero-order chi connectivity index (χ0) is 15.2. The molecule has 5 heteroatoms. The van der Waals surface area contributed by atoms with Crippen LogP contribution in [-0.4, -0.2) is 29.6 Å². The second-order valence-corrected chi connectivity index (χ2v) is 7.13. The van der Waals surface area contributed by atoms with Crippen LogP contribution in [-0.2, 0) is 6.42 Å². The number of pyridine rings is 1. The van der Waals surface area contributed by atoms with Crippen molar-refractivity contribution in [2.75, 3.05) is 18.6 Å². The Labute approximate surface area is 132 Å². The molecular formula is C16H27N3OS. The number of thioether (sulfide) groups is 1. The molecule has 0 saturated carbocycles. The highest BCUT2D eigenvalue weighted by Gasteiger charge is 2.20. The van der Waals surface area contributed by atoms with E-state index in [0.29, 0.717) is 0 Å². The molecule has 1 saturated heterocycles. The lowest BCUT2D eigenvalue weighted by molar-refractivity contribution is 0.362. The van der Waals surface area contributed by atoms with Crippen molar-refractivity contribution in [2.24, 2.45) is 11.8 Å². The molecule has 2 heterocycles. The van der Waals surface area contributed by atoms with Crippen molar-refractivity contribution in [1.82, 2.24) is 10.4 Å². The van der Waals surface area contributed by atoms with Crippen molar-refractivity contribution >= 4 is 11.8 Å². The molecule has 1 unspecified atom stereocenters. The average Bonchev–Trinajstić information content (AvgIpc) is 2.50. The second kappa shape index (κ2) is 8.01. The van der Waals surface area contributed by atoms with Crippen molar-refractivity contribution in [3.05, 3.63) is 23.0 Å². The average molecular weight is 309 g/mol. The molecule has 0 radical (unpaired) electrons. The van der Waals surface area contributed by atoms with Gasteiger partial charge in [0.25, 0.3) is 0 Å². The number of nitrogens with one attached hydrogen (secondary N) is 1. The van der Waals surface area contributed by atoms with Gasteiger partial charge in [-0.05, 0) is 50.5 Å². The highest BCUT2D eigenvalue weighted by molar-refractivity contribution is 7.99. The molecular weight excluding hydrogens is 282 g/mol. The quantitative estimate of drug-likeness (QED) is 0.625. The van der Waals surface area contributed by atoms with Gasteiger partial charge in [0.05, 0.1) is 7.11 Å². The van der Waals surface area contributed by atoms with E-state index in [0.717, 1.165) is 41.3 Å². The van der Waals surface area contributed by atoms with Crippen LogP contribution in [0.15, 0.2) is 6.20 Å². The fourth-order valence-corrected chi connectivity index (χ4v) is 4.31. The molecule has 4 nitrogen and oxygen atoms in total. The highest BCUT2D eigenvalue weighted by atomic mass is 32.2. The van der Waals surface area contributed by atoms with Gasteiger partial charge in [-0.25, -0.2) is 0 Å². The maximum absolute atomic E-state index is 5.77. The Balaban J connectivity index is 2.04. The Morgan fingerprint density at radius 3 is 2.76 bits per heavy atom. The molecule has 1 fully saturated rings. The predicted molar refractivity (Wildman–Crippen MR) is 89.7 cm³/mol. The highest BCUT2D eigenvalue weighted by Crippen LogP contribution is 2.28. The summed E-state index contributed by atoms with van der Waals surface area (Å²) in [5, 5.41) is 0. The van der Waals surface area contributed by atoms with Gasteiger partial charge in [-0.1, -0.05) is 0 Å². The maximum atomic E-state index is 5.77. The molecule has 1 aromatic rings.